The molecule has 0 aliphatic carbocycles. The lowest BCUT2D eigenvalue weighted by Crippen LogP contribution is -2.36. The van der Waals surface area contributed by atoms with E-state index in [1.165, 1.54) is 23.1 Å². The molecule has 1 atom stereocenters. The summed E-state index contributed by atoms with van der Waals surface area (Å²) in [6.07, 6.45) is 6.63. The maximum absolute atomic E-state index is 12.9. The van der Waals surface area contributed by atoms with Crippen molar-refractivity contribution in [3.8, 4) is 11.3 Å². The van der Waals surface area contributed by atoms with Gasteiger partial charge in [-0.1, -0.05) is 36.4 Å². The summed E-state index contributed by atoms with van der Waals surface area (Å²) in [7, 11) is 1.90. The minimum atomic E-state index is -0.0442. The average Bonchev–Trinajstić information content (AvgIpc) is 3.25. The van der Waals surface area contributed by atoms with Crippen LogP contribution in [0.15, 0.2) is 60.3 Å². The Morgan fingerprint density at radius 2 is 2.11 bits per heavy atom. The molecule has 6 heteroatoms. The summed E-state index contributed by atoms with van der Waals surface area (Å²) in [5.74, 6) is -0.0442. The fourth-order valence-electron chi connectivity index (χ4n) is 3.12. The molecule has 1 aromatic carbocycles. The van der Waals surface area contributed by atoms with E-state index in [1.54, 1.807) is 6.20 Å². The van der Waals surface area contributed by atoms with E-state index < -0.39 is 0 Å². The molecule has 0 bridgehead atoms. The van der Waals surface area contributed by atoms with Gasteiger partial charge in [-0.2, -0.15) is 5.10 Å². The van der Waals surface area contributed by atoms with Gasteiger partial charge in [0.25, 0.3) is 5.91 Å². The van der Waals surface area contributed by atoms with E-state index in [0.29, 0.717) is 6.42 Å². The predicted octanol–water partition coefficient (Wildman–Crippen LogP) is 3.66. The van der Waals surface area contributed by atoms with Crippen molar-refractivity contribution >= 4 is 17.2 Å². The van der Waals surface area contributed by atoms with Gasteiger partial charge in [0.05, 0.1) is 10.6 Å². The van der Waals surface area contributed by atoms with Crippen molar-refractivity contribution in [2.24, 2.45) is 12.8 Å². The quantitative estimate of drug-likeness (QED) is 0.657. The Hall–Kier alpha value is -2.86. The second-order valence-electron chi connectivity index (χ2n) is 6.47. The highest BCUT2D eigenvalue weighted by atomic mass is 32.1. The van der Waals surface area contributed by atoms with E-state index in [0.717, 1.165) is 28.1 Å². The fraction of sp³-hybridized carbons (Fsp3) is 0.238. The minimum absolute atomic E-state index is 0.0126. The number of carbonyl (C=O) groups is 1. The van der Waals surface area contributed by atoms with Crippen molar-refractivity contribution in [3.63, 3.8) is 0 Å². The van der Waals surface area contributed by atoms with Crippen LogP contribution >= 0.6 is 11.3 Å². The number of nitrogens with two attached hydrogens (primary N) is 1. The van der Waals surface area contributed by atoms with Gasteiger partial charge in [0.1, 0.15) is 0 Å². The Kier molecular flexibility index (Phi) is 6.08. The summed E-state index contributed by atoms with van der Waals surface area (Å²) >= 11 is 1.47. The summed E-state index contributed by atoms with van der Waals surface area (Å²) in [6, 6.07) is 12.1. The van der Waals surface area contributed by atoms with E-state index in [2.05, 4.69) is 22.5 Å². The normalized spacial score (nSPS) is 12.4. The van der Waals surface area contributed by atoms with E-state index >= 15 is 0 Å². The molecule has 3 N–H and O–H groups in total. The molecule has 0 fully saturated rings. The third-order valence-electron chi connectivity index (χ3n) is 4.56. The van der Waals surface area contributed by atoms with Crippen LogP contribution in [0.5, 0.6) is 0 Å². The highest BCUT2D eigenvalue weighted by Gasteiger charge is 2.20. The number of nitrogens with zero attached hydrogens (tertiary/aromatic N) is 2. The number of hydrogen-bond donors (Lipinski definition) is 2. The molecule has 140 valence electrons. The van der Waals surface area contributed by atoms with Gasteiger partial charge in [-0.05, 0) is 43.2 Å². The minimum Gasteiger partial charge on any atom is -0.405 e. The first-order chi connectivity index (χ1) is 13.1. The maximum atomic E-state index is 12.9. The number of carbonyl (C=O) groups excluding carboxylic acids is 1. The van der Waals surface area contributed by atoms with Gasteiger partial charge >= 0.3 is 0 Å². The van der Waals surface area contributed by atoms with E-state index in [9.17, 15) is 4.79 Å². The molecule has 0 saturated heterocycles. The van der Waals surface area contributed by atoms with E-state index in [4.69, 9.17) is 5.73 Å². The Bertz CT molecular complexity index is 927. The van der Waals surface area contributed by atoms with Gasteiger partial charge in [0.15, 0.2) is 0 Å². The van der Waals surface area contributed by atoms with Crippen LogP contribution in [0.1, 0.15) is 27.2 Å². The van der Waals surface area contributed by atoms with Crippen molar-refractivity contribution in [2.45, 2.75) is 25.8 Å². The molecule has 3 aromatic rings. The lowest BCUT2D eigenvalue weighted by atomic mass is 10.0. The van der Waals surface area contributed by atoms with Crippen molar-refractivity contribution in [1.29, 1.82) is 0 Å². The van der Waals surface area contributed by atoms with Gasteiger partial charge in [-0.25, -0.2) is 0 Å². The third-order valence-corrected chi connectivity index (χ3v) is 5.64. The number of aromatic nitrogens is 2. The first-order valence-electron chi connectivity index (χ1n) is 8.88. The van der Waals surface area contributed by atoms with Gasteiger partial charge in [0.2, 0.25) is 0 Å². The fourth-order valence-corrected chi connectivity index (χ4v) is 4.10. The molecule has 2 aromatic heterocycles. The molecule has 5 nitrogen and oxygen atoms in total. The second-order valence-corrected chi connectivity index (χ2v) is 7.35. The zero-order valence-electron chi connectivity index (χ0n) is 15.6. The number of hydrogen-bond acceptors (Lipinski definition) is 4. The van der Waals surface area contributed by atoms with Crippen molar-refractivity contribution in [1.82, 2.24) is 15.1 Å². The summed E-state index contributed by atoms with van der Waals surface area (Å²) in [5.41, 5.74) is 9.73. The lowest BCUT2D eigenvalue weighted by molar-refractivity contribution is 0.0941. The molecule has 1 unspecified atom stereocenters. The molecular weight excluding hydrogens is 356 g/mol. The van der Waals surface area contributed by atoms with Crippen LogP contribution in [0, 0.1) is 6.92 Å². The van der Waals surface area contributed by atoms with Gasteiger partial charge < -0.3 is 11.1 Å². The number of aryl methyl sites for hydroxylation is 1. The third kappa shape index (κ3) is 4.46. The standard InChI is InChI=1S/C21H24N4OS/c1-15-18(19-10-12-23-25(19)2)14-27-20(15)21(26)24-17(9-6-11-22)13-16-7-4-3-5-8-16/h3-8,10-12,14,17H,9,13,22H2,1-2H3,(H,24,26)/b11-6+. The lowest BCUT2D eigenvalue weighted by Gasteiger charge is -2.17. The number of nitrogens with one attached hydrogen (secondary N) is 1. The van der Waals surface area contributed by atoms with Crippen LogP contribution in [0.3, 0.4) is 0 Å². The highest BCUT2D eigenvalue weighted by molar-refractivity contribution is 7.12. The van der Waals surface area contributed by atoms with Crippen LogP contribution in [0.4, 0.5) is 0 Å². The number of rotatable bonds is 7. The van der Waals surface area contributed by atoms with Crippen LogP contribution in [0.25, 0.3) is 11.3 Å². The molecule has 0 radical (unpaired) electrons. The van der Waals surface area contributed by atoms with Crippen molar-refractivity contribution in [2.75, 3.05) is 0 Å². The average molecular weight is 381 g/mol. The van der Waals surface area contributed by atoms with Crippen LogP contribution in [0.2, 0.25) is 0 Å². The summed E-state index contributed by atoms with van der Waals surface area (Å²) in [5, 5.41) is 9.41. The summed E-state index contributed by atoms with van der Waals surface area (Å²) in [4.78, 5) is 13.7. The molecular formula is C21H24N4OS. The van der Waals surface area contributed by atoms with E-state index in [-0.39, 0.29) is 11.9 Å². The Labute approximate surface area is 163 Å². The molecule has 0 aliphatic heterocycles. The summed E-state index contributed by atoms with van der Waals surface area (Å²) in [6.45, 7) is 1.99. The molecule has 1 amide bonds. The topological polar surface area (TPSA) is 72.9 Å². The van der Waals surface area contributed by atoms with Crippen molar-refractivity contribution < 1.29 is 4.79 Å². The molecule has 27 heavy (non-hydrogen) atoms. The predicted molar refractivity (Wildman–Crippen MR) is 111 cm³/mol. The molecule has 0 spiro atoms. The largest absolute Gasteiger partial charge is 0.405 e. The van der Waals surface area contributed by atoms with Crippen LogP contribution in [-0.4, -0.2) is 21.7 Å². The SMILES string of the molecule is Cc1c(-c2ccnn2C)csc1C(=O)NC(C/C=C/N)Cc1ccccc1. The second kappa shape index (κ2) is 8.68. The molecule has 0 aliphatic rings. The summed E-state index contributed by atoms with van der Waals surface area (Å²) < 4.78 is 1.82. The van der Waals surface area contributed by atoms with Gasteiger partial charge in [-0.3, -0.25) is 9.48 Å². The Balaban J connectivity index is 1.77. The maximum Gasteiger partial charge on any atom is 0.261 e. The van der Waals surface area contributed by atoms with Gasteiger partial charge in [0, 0.05) is 30.2 Å². The smallest absolute Gasteiger partial charge is 0.261 e. The highest BCUT2D eigenvalue weighted by Crippen LogP contribution is 2.30. The first-order valence-corrected chi connectivity index (χ1v) is 9.76. The Morgan fingerprint density at radius 1 is 1.33 bits per heavy atom. The van der Waals surface area contributed by atoms with Crippen LogP contribution < -0.4 is 11.1 Å². The monoisotopic (exact) mass is 380 g/mol. The molecule has 3 rings (SSSR count). The number of thiophene rings is 1. The van der Waals surface area contributed by atoms with Crippen LogP contribution in [-0.2, 0) is 13.5 Å². The molecule has 2 heterocycles. The zero-order chi connectivity index (χ0) is 19.2. The van der Waals surface area contributed by atoms with Crippen molar-refractivity contribution in [3.05, 3.63) is 76.3 Å². The number of benzene rings is 1. The Morgan fingerprint density at radius 3 is 2.78 bits per heavy atom. The number of amides is 1. The molecule has 0 saturated carbocycles. The van der Waals surface area contributed by atoms with E-state index in [1.807, 2.05) is 54.4 Å². The van der Waals surface area contributed by atoms with Gasteiger partial charge in [-0.15, -0.1) is 11.3 Å². The first kappa shape index (κ1) is 18.9. The zero-order valence-corrected chi connectivity index (χ0v) is 16.4.